The molecule has 1 atom stereocenters. The predicted octanol–water partition coefficient (Wildman–Crippen LogP) is 0.950. The van der Waals surface area contributed by atoms with Gasteiger partial charge >= 0.3 is 0 Å². The molecule has 0 rings (SSSR count). The molecule has 0 aliphatic carbocycles. The van der Waals surface area contributed by atoms with Crippen molar-refractivity contribution in [3.8, 4) is 0 Å². The maximum absolute atomic E-state index is 10.9. The molecule has 0 saturated carbocycles. The lowest BCUT2D eigenvalue weighted by atomic mass is 10.2. The topological polar surface area (TPSA) is 20.3 Å². The minimum absolute atomic E-state index is 0.0540. The van der Waals surface area contributed by atoms with E-state index in [1.165, 1.54) is 0 Å². The second-order valence-electron chi connectivity index (χ2n) is 2.29. The van der Waals surface area contributed by atoms with Gasteiger partial charge in [0.25, 0.3) is 0 Å². The van der Waals surface area contributed by atoms with Crippen LogP contribution in [0.1, 0.15) is 6.92 Å². The van der Waals surface area contributed by atoms with E-state index in [0.29, 0.717) is 5.88 Å². The van der Waals surface area contributed by atoms with Crippen molar-refractivity contribution in [2.24, 2.45) is 5.92 Å². The Kier molecular flexibility index (Phi) is 3.62. The van der Waals surface area contributed by atoms with Gasteiger partial charge in [-0.2, -0.15) is 0 Å². The van der Waals surface area contributed by atoms with Crippen molar-refractivity contribution in [2.45, 2.75) is 6.92 Å². The monoisotopic (exact) mass is 149 g/mol. The van der Waals surface area contributed by atoms with Crippen molar-refractivity contribution in [2.75, 3.05) is 20.0 Å². The van der Waals surface area contributed by atoms with Crippen LogP contribution < -0.4 is 0 Å². The molecule has 0 aliphatic rings. The van der Waals surface area contributed by atoms with E-state index in [-0.39, 0.29) is 11.8 Å². The van der Waals surface area contributed by atoms with Gasteiger partial charge in [0.15, 0.2) is 0 Å². The van der Waals surface area contributed by atoms with Crippen LogP contribution >= 0.6 is 11.6 Å². The van der Waals surface area contributed by atoms with Crippen LogP contribution in [0.3, 0.4) is 0 Å². The minimum Gasteiger partial charge on any atom is -0.349 e. The van der Waals surface area contributed by atoms with E-state index in [9.17, 15) is 4.79 Å². The first-order valence-electron chi connectivity index (χ1n) is 2.86. The maximum Gasteiger partial charge on any atom is 0.226 e. The molecule has 0 aliphatic heterocycles. The van der Waals surface area contributed by atoms with Gasteiger partial charge in [-0.3, -0.25) is 4.79 Å². The van der Waals surface area contributed by atoms with Crippen LogP contribution in [0.25, 0.3) is 0 Å². The molecule has 2 nitrogen and oxygen atoms in total. The molecular weight excluding hydrogens is 138 g/mol. The molecular formula is C6H12ClNO. The van der Waals surface area contributed by atoms with Gasteiger partial charge in [-0.1, -0.05) is 6.92 Å². The highest BCUT2D eigenvalue weighted by atomic mass is 35.5. The Morgan fingerprint density at radius 2 is 2.11 bits per heavy atom. The molecule has 0 bridgehead atoms. The first-order chi connectivity index (χ1) is 4.09. The molecule has 0 aromatic carbocycles. The summed E-state index contributed by atoms with van der Waals surface area (Å²) in [6.45, 7) is 1.81. The Hall–Kier alpha value is -0.240. The maximum atomic E-state index is 10.9. The van der Waals surface area contributed by atoms with Crippen molar-refractivity contribution in [1.29, 1.82) is 0 Å². The largest absolute Gasteiger partial charge is 0.349 e. The zero-order chi connectivity index (χ0) is 7.44. The molecule has 0 spiro atoms. The van der Waals surface area contributed by atoms with Crippen LogP contribution in [0.4, 0.5) is 0 Å². The summed E-state index contributed by atoms with van der Waals surface area (Å²) < 4.78 is 0. The molecule has 0 saturated heterocycles. The fraction of sp³-hybridized carbons (Fsp3) is 0.833. The van der Waals surface area contributed by atoms with Crippen LogP contribution in [0.2, 0.25) is 0 Å². The summed E-state index contributed by atoms with van der Waals surface area (Å²) in [6.07, 6.45) is 0. The molecule has 0 fully saturated rings. The highest BCUT2D eigenvalue weighted by molar-refractivity contribution is 6.19. The molecule has 0 aromatic heterocycles. The number of alkyl halides is 1. The molecule has 0 aromatic rings. The average Bonchev–Trinajstić information content (AvgIpc) is 1.84. The van der Waals surface area contributed by atoms with E-state index in [1.54, 1.807) is 19.0 Å². The number of carbonyl (C=O) groups is 1. The Morgan fingerprint density at radius 3 is 2.22 bits per heavy atom. The summed E-state index contributed by atoms with van der Waals surface area (Å²) in [6, 6.07) is 0. The lowest BCUT2D eigenvalue weighted by molar-refractivity contribution is -0.131. The third kappa shape index (κ3) is 2.70. The number of nitrogens with zero attached hydrogens (tertiary/aromatic N) is 1. The normalized spacial score (nSPS) is 12.9. The standard InChI is InChI=1S/C6H12ClNO/c1-5(4-7)6(9)8(2)3/h5H,4H2,1-3H3. The second kappa shape index (κ2) is 3.72. The highest BCUT2D eigenvalue weighted by Crippen LogP contribution is 2.00. The summed E-state index contributed by atoms with van der Waals surface area (Å²) in [4.78, 5) is 12.5. The number of hydrogen-bond donors (Lipinski definition) is 0. The zero-order valence-corrected chi connectivity index (χ0v) is 6.77. The third-order valence-electron chi connectivity index (χ3n) is 1.09. The molecule has 0 heterocycles. The second-order valence-corrected chi connectivity index (χ2v) is 2.60. The lowest BCUT2D eigenvalue weighted by Crippen LogP contribution is -2.28. The van der Waals surface area contributed by atoms with Crippen LogP contribution in [-0.4, -0.2) is 30.8 Å². The zero-order valence-electron chi connectivity index (χ0n) is 6.02. The highest BCUT2D eigenvalue weighted by Gasteiger charge is 2.12. The molecule has 54 valence electrons. The average molecular weight is 150 g/mol. The number of halogens is 1. The van der Waals surface area contributed by atoms with Crippen LogP contribution in [0, 0.1) is 5.92 Å². The van der Waals surface area contributed by atoms with Crippen molar-refractivity contribution >= 4 is 17.5 Å². The van der Waals surface area contributed by atoms with Crippen molar-refractivity contribution in [3.05, 3.63) is 0 Å². The van der Waals surface area contributed by atoms with Gasteiger partial charge in [-0.25, -0.2) is 0 Å². The van der Waals surface area contributed by atoms with Crippen LogP contribution in [0.15, 0.2) is 0 Å². The van der Waals surface area contributed by atoms with E-state index >= 15 is 0 Å². The number of amides is 1. The first kappa shape index (κ1) is 8.76. The molecule has 3 heteroatoms. The van der Waals surface area contributed by atoms with Gasteiger partial charge in [0.2, 0.25) is 5.91 Å². The van der Waals surface area contributed by atoms with Crippen molar-refractivity contribution in [1.82, 2.24) is 4.90 Å². The molecule has 9 heavy (non-hydrogen) atoms. The van der Waals surface area contributed by atoms with Gasteiger partial charge < -0.3 is 4.90 Å². The van der Waals surface area contributed by atoms with Gasteiger partial charge in [0.1, 0.15) is 0 Å². The Balaban J connectivity index is 3.73. The smallest absolute Gasteiger partial charge is 0.226 e. The Bertz CT molecular complexity index is 103. The summed E-state index contributed by atoms with van der Waals surface area (Å²) in [5, 5.41) is 0. The van der Waals surface area contributed by atoms with Crippen molar-refractivity contribution < 1.29 is 4.79 Å². The fourth-order valence-electron chi connectivity index (χ4n) is 0.507. The van der Waals surface area contributed by atoms with E-state index in [2.05, 4.69) is 0 Å². The van der Waals surface area contributed by atoms with E-state index in [1.807, 2.05) is 6.92 Å². The summed E-state index contributed by atoms with van der Waals surface area (Å²) in [7, 11) is 3.46. The Morgan fingerprint density at radius 1 is 1.67 bits per heavy atom. The van der Waals surface area contributed by atoms with E-state index < -0.39 is 0 Å². The van der Waals surface area contributed by atoms with Gasteiger partial charge in [0.05, 0.1) is 0 Å². The molecule has 1 unspecified atom stereocenters. The predicted molar refractivity (Wildman–Crippen MR) is 38.6 cm³/mol. The van der Waals surface area contributed by atoms with Crippen molar-refractivity contribution in [3.63, 3.8) is 0 Å². The van der Waals surface area contributed by atoms with Gasteiger partial charge in [-0.05, 0) is 0 Å². The van der Waals surface area contributed by atoms with E-state index in [0.717, 1.165) is 0 Å². The summed E-state index contributed by atoms with van der Waals surface area (Å²) in [5.41, 5.74) is 0. The summed E-state index contributed by atoms with van der Waals surface area (Å²) in [5.74, 6) is 0.434. The first-order valence-corrected chi connectivity index (χ1v) is 3.40. The molecule has 0 radical (unpaired) electrons. The molecule has 1 amide bonds. The van der Waals surface area contributed by atoms with Gasteiger partial charge in [-0.15, -0.1) is 11.6 Å². The molecule has 0 N–H and O–H groups in total. The minimum atomic E-state index is -0.0540. The number of carbonyl (C=O) groups excluding carboxylic acids is 1. The van der Waals surface area contributed by atoms with Gasteiger partial charge in [0, 0.05) is 25.9 Å². The number of hydrogen-bond acceptors (Lipinski definition) is 1. The quantitative estimate of drug-likeness (QED) is 0.536. The van der Waals surface area contributed by atoms with Crippen LogP contribution in [-0.2, 0) is 4.79 Å². The third-order valence-corrected chi connectivity index (χ3v) is 1.56. The van der Waals surface area contributed by atoms with Crippen LogP contribution in [0.5, 0.6) is 0 Å². The fourth-order valence-corrected chi connectivity index (χ4v) is 0.639. The Labute approximate surface area is 60.8 Å². The number of rotatable bonds is 2. The van der Waals surface area contributed by atoms with E-state index in [4.69, 9.17) is 11.6 Å². The SMILES string of the molecule is CC(CCl)C(=O)N(C)C. The lowest BCUT2D eigenvalue weighted by Gasteiger charge is -2.13. The summed E-state index contributed by atoms with van der Waals surface area (Å²) >= 11 is 5.44.